The Bertz CT molecular complexity index is 639. The summed E-state index contributed by atoms with van der Waals surface area (Å²) in [7, 11) is 1.54. The Kier molecular flexibility index (Phi) is 3.79. The van der Waals surface area contributed by atoms with Crippen LogP contribution in [0.3, 0.4) is 0 Å². The first-order valence-electron chi connectivity index (χ1n) is 7.20. The number of methoxy groups -OCH3 is 1. The molecular weight excluding hydrogens is 268 g/mol. The highest BCUT2D eigenvalue weighted by molar-refractivity contribution is 5.41. The van der Waals surface area contributed by atoms with Gasteiger partial charge in [-0.15, -0.1) is 10.2 Å². The number of aromatic hydroxyl groups is 1. The molecule has 0 spiro atoms. The van der Waals surface area contributed by atoms with E-state index in [0.29, 0.717) is 12.3 Å². The van der Waals surface area contributed by atoms with Crippen molar-refractivity contribution in [2.75, 3.05) is 7.11 Å². The monoisotopic (exact) mass is 288 g/mol. The van der Waals surface area contributed by atoms with Crippen LogP contribution in [-0.4, -0.2) is 27.0 Å². The van der Waals surface area contributed by atoms with Crippen molar-refractivity contribution < 1.29 is 9.84 Å². The van der Waals surface area contributed by atoms with Gasteiger partial charge >= 0.3 is 0 Å². The number of phenolic OH excluding ortho intramolecular Hbond substituents is 1. The molecule has 6 nitrogen and oxygen atoms in total. The Morgan fingerprint density at radius 3 is 3.05 bits per heavy atom. The number of rotatable bonds is 5. The number of benzene rings is 1. The van der Waals surface area contributed by atoms with E-state index >= 15 is 0 Å². The lowest BCUT2D eigenvalue weighted by atomic mass is 10.2. The fourth-order valence-corrected chi connectivity index (χ4v) is 2.70. The van der Waals surface area contributed by atoms with Crippen LogP contribution in [0, 0.1) is 0 Å². The second-order valence-corrected chi connectivity index (χ2v) is 5.34. The molecule has 0 saturated carbocycles. The molecule has 1 aliphatic heterocycles. The van der Waals surface area contributed by atoms with Crippen LogP contribution >= 0.6 is 0 Å². The molecule has 112 valence electrons. The molecule has 1 atom stereocenters. The molecule has 6 heteroatoms. The molecule has 2 N–H and O–H groups in total. The maximum absolute atomic E-state index is 9.79. The molecule has 0 fully saturated rings. The van der Waals surface area contributed by atoms with Gasteiger partial charge in [-0.1, -0.05) is 6.07 Å². The van der Waals surface area contributed by atoms with Gasteiger partial charge in [-0.05, 0) is 31.0 Å². The fourth-order valence-electron chi connectivity index (χ4n) is 2.70. The van der Waals surface area contributed by atoms with Crippen molar-refractivity contribution >= 4 is 0 Å². The van der Waals surface area contributed by atoms with Crippen LogP contribution in [-0.2, 0) is 19.5 Å². The van der Waals surface area contributed by atoms with Gasteiger partial charge in [-0.2, -0.15) is 0 Å². The Balaban J connectivity index is 1.65. The van der Waals surface area contributed by atoms with E-state index < -0.39 is 0 Å². The number of ether oxygens (including phenoxy) is 1. The summed E-state index contributed by atoms with van der Waals surface area (Å²) in [5, 5.41) is 21.7. The van der Waals surface area contributed by atoms with Crippen LogP contribution in [0.4, 0.5) is 0 Å². The average molecular weight is 288 g/mol. The third kappa shape index (κ3) is 2.71. The summed E-state index contributed by atoms with van der Waals surface area (Å²) in [5.74, 6) is 2.72. The lowest BCUT2D eigenvalue weighted by Crippen LogP contribution is -2.21. The van der Waals surface area contributed by atoms with Gasteiger partial charge in [0.25, 0.3) is 0 Å². The van der Waals surface area contributed by atoms with Gasteiger partial charge in [0.1, 0.15) is 11.6 Å². The Morgan fingerprint density at radius 1 is 1.43 bits per heavy atom. The zero-order valence-electron chi connectivity index (χ0n) is 12.3. The van der Waals surface area contributed by atoms with Gasteiger partial charge in [0.15, 0.2) is 11.5 Å². The molecular formula is C15H20N4O2. The molecule has 3 rings (SSSR count). The van der Waals surface area contributed by atoms with E-state index in [4.69, 9.17) is 4.74 Å². The highest BCUT2D eigenvalue weighted by Crippen LogP contribution is 2.26. The van der Waals surface area contributed by atoms with Gasteiger partial charge in [-0.25, -0.2) is 0 Å². The second-order valence-electron chi connectivity index (χ2n) is 5.34. The first kappa shape index (κ1) is 13.9. The second kappa shape index (κ2) is 5.73. The summed E-state index contributed by atoms with van der Waals surface area (Å²) in [6.07, 6.45) is 2.17. The summed E-state index contributed by atoms with van der Waals surface area (Å²) >= 11 is 0. The number of phenols is 1. The zero-order valence-corrected chi connectivity index (χ0v) is 12.3. The average Bonchev–Trinajstić information content (AvgIpc) is 3.07. The van der Waals surface area contributed by atoms with Crippen molar-refractivity contribution in [1.82, 2.24) is 20.1 Å². The molecule has 0 radical (unpaired) electrons. The molecule has 1 unspecified atom stereocenters. The van der Waals surface area contributed by atoms with Crippen LogP contribution < -0.4 is 10.1 Å². The predicted octanol–water partition coefficient (Wildman–Crippen LogP) is 1.79. The summed E-state index contributed by atoms with van der Waals surface area (Å²) in [6.45, 7) is 3.74. The highest BCUT2D eigenvalue weighted by atomic mass is 16.5. The van der Waals surface area contributed by atoms with Gasteiger partial charge in [0, 0.05) is 19.5 Å². The molecule has 0 bridgehead atoms. The number of aromatic nitrogens is 3. The predicted molar refractivity (Wildman–Crippen MR) is 78.3 cm³/mol. The van der Waals surface area contributed by atoms with E-state index in [0.717, 1.165) is 36.6 Å². The largest absolute Gasteiger partial charge is 0.504 e. The topological polar surface area (TPSA) is 72.2 Å². The van der Waals surface area contributed by atoms with Gasteiger partial charge < -0.3 is 19.7 Å². The fraction of sp³-hybridized carbons (Fsp3) is 0.467. The summed E-state index contributed by atoms with van der Waals surface area (Å²) in [4.78, 5) is 0. The van der Waals surface area contributed by atoms with Crippen LogP contribution in [0.1, 0.15) is 36.6 Å². The highest BCUT2D eigenvalue weighted by Gasteiger charge is 2.20. The Labute approximate surface area is 123 Å². The third-order valence-corrected chi connectivity index (χ3v) is 3.88. The number of nitrogens with one attached hydrogen (secondary N) is 1. The summed E-state index contributed by atoms with van der Waals surface area (Å²) in [6, 6.07) is 5.54. The normalized spacial score (nSPS) is 15.0. The van der Waals surface area contributed by atoms with Crippen LogP contribution in [0.25, 0.3) is 0 Å². The SMILES string of the molecule is COc1ccc(CNC(C)c2nnc3n2CCC3)cc1O. The minimum Gasteiger partial charge on any atom is -0.504 e. The Hall–Kier alpha value is -2.08. The first-order chi connectivity index (χ1) is 10.2. The van der Waals surface area contributed by atoms with Crippen molar-refractivity contribution in [1.29, 1.82) is 0 Å². The van der Waals surface area contributed by atoms with Crippen molar-refractivity contribution in [2.24, 2.45) is 0 Å². The molecule has 1 aliphatic rings. The molecule has 21 heavy (non-hydrogen) atoms. The number of aryl methyl sites for hydroxylation is 1. The van der Waals surface area contributed by atoms with Crippen molar-refractivity contribution in [3.05, 3.63) is 35.4 Å². The molecule has 1 aromatic heterocycles. The van der Waals surface area contributed by atoms with E-state index in [1.165, 1.54) is 0 Å². The molecule has 0 saturated heterocycles. The third-order valence-electron chi connectivity index (χ3n) is 3.88. The lowest BCUT2D eigenvalue weighted by molar-refractivity contribution is 0.372. The van der Waals surface area contributed by atoms with Crippen molar-refractivity contribution in [2.45, 2.75) is 38.9 Å². The number of fused-ring (bicyclic) bond motifs is 1. The standard InChI is InChI=1S/C15H20N4O2/c1-10(15-18-17-14-4-3-7-19(14)15)16-9-11-5-6-13(21-2)12(20)8-11/h5-6,8,10,16,20H,3-4,7,9H2,1-2H3. The number of nitrogens with zero attached hydrogens (tertiary/aromatic N) is 3. The van der Waals surface area contributed by atoms with Gasteiger partial charge in [0.2, 0.25) is 0 Å². The Morgan fingerprint density at radius 2 is 2.29 bits per heavy atom. The van der Waals surface area contributed by atoms with Crippen LogP contribution in [0.5, 0.6) is 11.5 Å². The summed E-state index contributed by atoms with van der Waals surface area (Å²) < 4.78 is 7.24. The minimum absolute atomic E-state index is 0.119. The van der Waals surface area contributed by atoms with E-state index in [-0.39, 0.29) is 11.8 Å². The minimum atomic E-state index is 0.119. The first-order valence-corrected chi connectivity index (χ1v) is 7.20. The van der Waals surface area contributed by atoms with E-state index in [1.807, 2.05) is 6.07 Å². The molecule has 1 aromatic carbocycles. The van der Waals surface area contributed by atoms with E-state index in [2.05, 4.69) is 27.0 Å². The molecule has 0 amide bonds. The van der Waals surface area contributed by atoms with Gasteiger partial charge in [0.05, 0.1) is 13.2 Å². The van der Waals surface area contributed by atoms with E-state index in [9.17, 15) is 5.11 Å². The quantitative estimate of drug-likeness (QED) is 0.877. The molecule has 2 aromatic rings. The van der Waals surface area contributed by atoms with Gasteiger partial charge in [-0.3, -0.25) is 0 Å². The van der Waals surface area contributed by atoms with E-state index in [1.54, 1.807) is 19.2 Å². The maximum atomic E-state index is 9.79. The van der Waals surface area contributed by atoms with Crippen molar-refractivity contribution in [3.8, 4) is 11.5 Å². The number of hydrogen-bond acceptors (Lipinski definition) is 5. The molecule has 0 aliphatic carbocycles. The maximum Gasteiger partial charge on any atom is 0.160 e. The van der Waals surface area contributed by atoms with Crippen LogP contribution in [0.15, 0.2) is 18.2 Å². The molecule has 2 heterocycles. The number of hydrogen-bond donors (Lipinski definition) is 2. The lowest BCUT2D eigenvalue weighted by Gasteiger charge is -2.14. The van der Waals surface area contributed by atoms with Crippen molar-refractivity contribution in [3.63, 3.8) is 0 Å². The van der Waals surface area contributed by atoms with Crippen LogP contribution in [0.2, 0.25) is 0 Å². The zero-order chi connectivity index (χ0) is 14.8. The summed E-state index contributed by atoms with van der Waals surface area (Å²) in [5.41, 5.74) is 1.00. The smallest absolute Gasteiger partial charge is 0.160 e.